The van der Waals surface area contributed by atoms with Crippen molar-refractivity contribution in [3.63, 3.8) is 0 Å². The van der Waals surface area contributed by atoms with Gasteiger partial charge in [-0.15, -0.1) is 11.6 Å². The normalized spacial score (nSPS) is 23.1. The van der Waals surface area contributed by atoms with Crippen molar-refractivity contribution in [1.82, 2.24) is 0 Å². The predicted molar refractivity (Wildman–Crippen MR) is 90.3 cm³/mol. The highest BCUT2D eigenvalue weighted by Gasteiger charge is 2.43. The molecule has 2 aromatic carbocycles. The molecule has 5 heteroatoms. The summed E-state index contributed by atoms with van der Waals surface area (Å²) in [6.07, 6.45) is 0. The molecule has 0 amide bonds. The highest BCUT2D eigenvalue weighted by Crippen LogP contribution is 2.44. The van der Waals surface area contributed by atoms with E-state index in [1.54, 1.807) is 12.1 Å². The first-order valence-corrected chi connectivity index (χ1v) is 9.36. The van der Waals surface area contributed by atoms with Crippen molar-refractivity contribution in [3.05, 3.63) is 60.2 Å². The maximum atomic E-state index is 13.1. The lowest BCUT2D eigenvalue weighted by Gasteiger charge is -2.41. The molecule has 0 N–H and O–H groups in total. The van der Waals surface area contributed by atoms with E-state index in [1.807, 2.05) is 49.4 Å². The van der Waals surface area contributed by atoms with Crippen molar-refractivity contribution in [3.8, 4) is 0 Å². The molecule has 1 heterocycles. The van der Waals surface area contributed by atoms with Crippen LogP contribution >= 0.6 is 11.6 Å². The Labute approximate surface area is 136 Å². The Bertz CT molecular complexity index is 761. The van der Waals surface area contributed by atoms with Crippen LogP contribution in [0.1, 0.15) is 17.7 Å². The second kappa shape index (κ2) is 5.94. The van der Waals surface area contributed by atoms with Gasteiger partial charge in [-0.2, -0.15) is 0 Å². The van der Waals surface area contributed by atoms with Crippen molar-refractivity contribution in [2.45, 2.75) is 23.1 Å². The summed E-state index contributed by atoms with van der Waals surface area (Å²) in [5, 5.41) is -0.577. The minimum Gasteiger partial charge on any atom is -0.365 e. The summed E-state index contributed by atoms with van der Waals surface area (Å²) in [5.41, 5.74) is 1.58. The Hall–Kier alpha value is -1.52. The molecule has 1 aliphatic rings. The summed E-state index contributed by atoms with van der Waals surface area (Å²) in [6, 6.07) is 16.4. The van der Waals surface area contributed by atoms with Crippen LogP contribution in [0.5, 0.6) is 0 Å². The van der Waals surface area contributed by atoms with E-state index in [1.165, 1.54) is 0 Å². The van der Waals surface area contributed by atoms with Crippen LogP contribution in [0.2, 0.25) is 0 Å². The van der Waals surface area contributed by atoms with Gasteiger partial charge in [0, 0.05) is 18.5 Å². The van der Waals surface area contributed by atoms with Crippen LogP contribution in [0.25, 0.3) is 0 Å². The van der Waals surface area contributed by atoms with Gasteiger partial charge in [-0.1, -0.05) is 42.5 Å². The smallest absolute Gasteiger partial charge is 0.189 e. The van der Waals surface area contributed by atoms with Gasteiger partial charge in [0.15, 0.2) is 9.84 Å². The zero-order valence-corrected chi connectivity index (χ0v) is 13.9. The minimum absolute atomic E-state index is 0.166. The number of anilines is 1. The van der Waals surface area contributed by atoms with E-state index in [0.717, 1.165) is 11.3 Å². The van der Waals surface area contributed by atoms with E-state index in [4.69, 9.17) is 11.6 Å². The molecule has 1 aliphatic heterocycles. The molecule has 22 heavy (non-hydrogen) atoms. The van der Waals surface area contributed by atoms with E-state index in [2.05, 4.69) is 4.90 Å². The number of alkyl halides is 1. The molecule has 3 rings (SSSR count). The molecule has 0 aliphatic carbocycles. The number of para-hydroxylation sites is 1. The summed E-state index contributed by atoms with van der Waals surface area (Å²) in [4.78, 5) is 2.49. The summed E-state index contributed by atoms with van der Waals surface area (Å²) in [7, 11) is -3.42. The second-order valence-electron chi connectivity index (χ2n) is 5.47. The van der Waals surface area contributed by atoms with Crippen molar-refractivity contribution in [2.24, 2.45) is 0 Å². The molecule has 0 saturated carbocycles. The van der Waals surface area contributed by atoms with Crippen molar-refractivity contribution in [2.75, 3.05) is 17.3 Å². The Morgan fingerprint density at radius 3 is 2.36 bits per heavy atom. The third-order valence-corrected chi connectivity index (χ3v) is 6.66. The number of sulfone groups is 1. The molecule has 2 atom stereocenters. The summed E-state index contributed by atoms with van der Waals surface area (Å²) in [5.74, 6) is 0.459. The van der Waals surface area contributed by atoms with Crippen molar-refractivity contribution < 1.29 is 8.42 Å². The predicted octanol–water partition coefficient (Wildman–Crippen LogP) is 3.65. The Morgan fingerprint density at radius 1 is 1.05 bits per heavy atom. The van der Waals surface area contributed by atoms with Crippen LogP contribution in [0.4, 0.5) is 5.69 Å². The van der Waals surface area contributed by atoms with E-state index < -0.39 is 15.1 Å². The maximum Gasteiger partial charge on any atom is 0.189 e. The first-order valence-electron chi connectivity index (χ1n) is 7.28. The number of rotatable bonds is 3. The molecule has 0 spiro atoms. The number of benzene rings is 2. The van der Waals surface area contributed by atoms with Crippen molar-refractivity contribution >= 4 is 27.1 Å². The Balaban J connectivity index is 2.21. The third kappa shape index (κ3) is 2.40. The van der Waals surface area contributed by atoms with E-state index in [-0.39, 0.29) is 6.04 Å². The molecule has 0 fully saturated rings. The van der Waals surface area contributed by atoms with Gasteiger partial charge in [-0.05, 0) is 24.6 Å². The monoisotopic (exact) mass is 335 g/mol. The quantitative estimate of drug-likeness (QED) is 0.803. The molecule has 0 aromatic heterocycles. The van der Waals surface area contributed by atoms with Gasteiger partial charge in [0.25, 0.3) is 0 Å². The van der Waals surface area contributed by atoms with Crippen LogP contribution in [0.15, 0.2) is 59.5 Å². The standard InChI is InChI=1S/C17H18ClNO2S/c1-13-17(14-7-3-2-4-8-14)22(20,21)16-10-6-5-9-15(16)19(13)12-11-18/h2-10,13,17H,11-12H2,1H3/t13-,17-/m1/s1. The van der Waals surface area contributed by atoms with E-state index in [0.29, 0.717) is 17.3 Å². The van der Waals surface area contributed by atoms with Gasteiger partial charge < -0.3 is 4.90 Å². The summed E-state index contributed by atoms with van der Waals surface area (Å²) in [6.45, 7) is 2.58. The maximum absolute atomic E-state index is 13.1. The van der Waals surface area contributed by atoms with E-state index in [9.17, 15) is 8.42 Å². The van der Waals surface area contributed by atoms with Crippen LogP contribution in [-0.4, -0.2) is 26.9 Å². The Morgan fingerprint density at radius 2 is 1.68 bits per heavy atom. The average molecular weight is 336 g/mol. The van der Waals surface area contributed by atoms with Crippen LogP contribution in [-0.2, 0) is 9.84 Å². The summed E-state index contributed by atoms with van der Waals surface area (Å²) < 4.78 is 26.2. The zero-order chi connectivity index (χ0) is 15.7. The number of fused-ring (bicyclic) bond motifs is 1. The van der Waals surface area contributed by atoms with Crippen molar-refractivity contribution in [1.29, 1.82) is 0 Å². The highest BCUT2D eigenvalue weighted by molar-refractivity contribution is 7.92. The molecule has 3 nitrogen and oxygen atoms in total. The van der Waals surface area contributed by atoms with Gasteiger partial charge >= 0.3 is 0 Å². The fourth-order valence-electron chi connectivity index (χ4n) is 3.23. The third-order valence-electron chi connectivity index (χ3n) is 4.20. The molecule has 0 bridgehead atoms. The fraction of sp³-hybridized carbons (Fsp3) is 0.294. The SMILES string of the molecule is C[C@@H]1[C@H](c2ccccc2)S(=O)(=O)c2ccccc2N1CCCl. The molecular weight excluding hydrogens is 318 g/mol. The van der Waals surface area contributed by atoms with Gasteiger partial charge in [0.1, 0.15) is 5.25 Å². The largest absolute Gasteiger partial charge is 0.365 e. The molecule has 0 radical (unpaired) electrons. The van der Waals surface area contributed by atoms with Gasteiger partial charge in [-0.25, -0.2) is 8.42 Å². The number of halogens is 1. The lowest BCUT2D eigenvalue weighted by molar-refractivity contribution is 0.536. The number of hydrogen-bond acceptors (Lipinski definition) is 3. The fourth-order valence-corrected chi connectivity index (χ4v) is 5.61. The van der Waals surface area contributed by atoms with Crippen LogP contribution < -0.4 is 4.90 Å². The molecule has 0 unspecified atom stereocenters. The lowest BCUT2D eigenvalue weighted by atomic mass is 10.0. The highest BCUT2D eigenvalue weighted by atomic mass is 35.5. The van der Waals surface area contributed by atoms with Crippen LogP contribution in [0.3, 0.4) is 0 Å². The molecular formula is C17H18ClNO2S. The molecule has 116 valence electrons. The van der Waals surface area contributed by atoms with Gasteiger partial charge in [0.2, 0.25) is 0 Å². The molecule has 0 saturated heterocycles. The number of hydrogen-bond donors (Lipinski definition) is 0. The summed E-state index contributed by atoms with van der Waals surface area (Å²) >= 11 is 5.94. The topological polar surface area (TPSA) is 37.4 Å². The first kappa shape index (κ1) is 15.4. The lowest BCUT2D eigenvalue weighted by Crippen LogP contribution is -2.46. The zero-order valence-electron chi connectivity index (χ0n) is 12.3. The van der Waals surface area contributed by atoms with E-state index >= 15 is 0 Å². The minimum atomic E-state index is -3.42. The van der Waals surface area contributed by atoms with Gasteiger partial charge in [0.05, 0.1) is 10.6 Å². The number of nitrogens with zero attached hydrogens (tertiary/aromatic N) is 1. The average Bonchev–Trinajstić information content (AvgIpc) is 2.52. The Kier molecular flexibility index (Phi) is 4.15. The van der Waals surface area contributed by atoms with Crippen LogP contribution in [0, 0.1) is 0 Å². The molecule has 2 aromatic rings. The van der Waals surface area contributed by atoms with Gasteiger partial charge in [-0.3, -0.25) is 0 Å². The first-order chi connectivity index (χ1) is 10.6. The second-order valence-corrected chi connectivity index (χ2v) is 7.88.